The minimum Gasteiger partial charge on any atom is -0.345 e. The van der Waals surface area contributed by atoms with Crippen molar-refractivity contribution in [3.63, 3.8) is 0 Å². The van der Waals surface area contributed by atoms with Crippen molar-refractivity contribution in [1.82, 2.24) is 25.1 Å². The lowest BCUT2D eigenvalue weighted by molar-refractivity contribution is -0.119. The molecule has 6 rings (SSSR count). The maximum atomic E-state index is 11.4. The molecule has 2 aromatic rings. The van der Waals surface area contributed by atoms with E-state index in [0.717, 1.165) is 75.7 Å². The average molecular weight is 464 g/mol. The van der Waals surface area contributed by atoms with E-state index in [9.17, 15) is 4.79 Å². The predicted molar refractivity (Wildman–Crippen MR) is 132 cm³/mol. The first kappa shape index (κ1) is 21.9. The number of rotatable bonds is 6. The number of H-pyrrole nitrogens is 1. The van der Waals surface area contributed by atoms with E-state index in [1.165, 1.54) is 61.9 Å². The minimum atomic E-state index is 0.414. The molecule has 182 valence electrons. The van der Waals surface area contributed by atoms with Crippen LogP contribution in [0.15, 0.2) is 6.07 Å². The molecule has 2 aliphatic heterocycles. The van der Waals surface area contributed by atoms with E-state index in [-0.39, 0.29) is 0 Å². The Morgan fingerprint density at radius 3 is 2.71 bits per heavy atom. The van der Waals surface area contributed by atoms with Crippen molar-refractivity contribution in [2.75, 3.05) is 29.9 Å². The van der Waals surface area contributed by atoms with Crippen molar-refractivity contribution in [2.24, 2.45) is 5.92 Å². The van der Waals surface area contributed by atoms with Gasteiger partial charge in [-0.2, -0.15) is 10.1 Å². The van der Waals surface area contributed by atoms with Gasteiger partial charge in [0.1, 0.15) is 5.82 Å². The molecule has 3 fully saturated rings. The molecule has 2 aromatic heterocycles. The van der Waals surface area contributed by atoms with Gasteiger partial charge >= 0.3 is 0 Å². The van der Waals surface area contributed by atoms with Crippen LogP contribution < -0.4 is 10.2 Å². The third-order valence-electron chi connectivity index (χ3n) is 8.55. The number of nitrogens with one attached hydrogen (secondary N) is 2. The van der Waals surface area contributed by atoms with Gasteiger partial charge in [0.15, 0.2) is 5.82 Å². The van der Waals surface area contributed by atoms with Gasteiger partial charge in [0, 0.05) is 48.9 Å². The lowest BCUT2D eigenvalue weighted by atomic mass is 9.89. The van der Waals surface area contributed by atoms with Gasteiger partial charge in [0.25, 0.3) is 0 Å². The fourth-order valence-electron chi connectivity index (χ4n) is 6.76. The van der Waals surface area contributed by atoms with Crippen LogP contribution in [0.5, 0.6) is 0 Å². The summed E-state index contributed by atoms with van der Waals surface area (Å²) in [5.74, 6) is 3.78. The predicted octanol–water partition coefficient (Wildman–Crippen LogP) is 4.32. The van der Waals surface area contributed by atoms with Crippen molar-refractivity contribution in [2.45, 2.75) is 89.0 Å². The Hall–Kier alpha value is -2.64. The molecule has 8 heteroatoms. The third-order valence-corrected chi connectivity index (χ3v) is 8.55. The summed E-state index contributed by atoms with van der Waals surface area (Å²) in [5, 5.41) is 11.4. The Morgan fingerprint density at radius 1 is 0.971 bits per heavy atom. The largest absolute Gasteiger partial charge is 0.345 e. The highest BCUT2D eigenvalue weighted by molar-refractivity contribution is 5.60. The Bertz CT molecular complexity index is 1010. The van der Waals surface area contributed by atoms with E-state index in [4.69, 9.17) is 9.97 Å². The summed E-state index contributed by atoms with van der Waals surface area (Å²) in [6.07, 6.45) is 15.2. The summed E-state index contributed by atoms with van der Waals surface area (Å²) >= 11 is 0. The van der Waals surface area contributed by atoms with Crippen molar-refractivity contribution >= 4 is 24.0 Å². The van der Waals surface area contributed by atoms with E-state index in [2.05, 4.69) is 26.5 Å². The molecule has 34 heavy (non-hydrogen) atoms. The quantitative estimate of drug-likeness (QED) is 0.620. The van der Waals surface area contributed by atoms with Crippen LogP contribution in [0.1, 0.15) is 87.1 Å². The fraction of sp³-hybridized carbons (Fsp3) is 0.692. The van der Waals surface area contributed by atoms with E-state index in [0.29, 0.717) is 17.9 Å². The number of carbonyl (C=O) groups is 1. The molecule has 2 N–H and O–H groups in total. The highest BCUT2D eigenvalue weighted by Gasteiger charge is 2.36. The van der Waals surface area contributed by atoms with Gasteiger partial charge in [-0.1, -0.05) is 12.8 Å². The number of carbonyl (C=O) groups excluding carboxylic acids is 1. The molecule has 4 heterocycles. The zero-order valence-corrected chi connectivity index (χ0v) is 20.1. The molecule has 4 aliphatic rings. The number of fused-ring (bicyclic) bond motifs is 1. The molecule has 2 saturated heterocycles. The van der Waals surface area contributed by atoms with Crippen LogP contribution in [-0.2, 0) is 17.6 Å². The molecular weight excluding hydrogens is 426 g/mol. The fourth-order valence-corrected chi connectivity index (χ4v) is 6.76. The van der Waals surface area contributed by atoms with Crippen molar-refractivity contribution in [3.05, 3.63) is 23.0 Å². The number of anilines is 3. The Kier molecular flexibility index (Phi) is 6.14. The van der Waals surface area contributed by atoms with Gasteiger partial charge in [0.2, 0.25) is 12.4 Å². The smallest absolute Gasteiger partial charge is 0.227 e. The van der Waals surface area contributed by atoms with Crippen LogP contribution in [0.4, 0.5) is 17.6 Å². The van der Waals surface area contributed by atoms with Crippen molar-refractivity contribution in [3.8, 4) is 0 Å². The molecule has 1 amide bonds. The number of aryl methyl sites for hydroxylation is 1. The zero-order valence-electron chi connectivity index (χ0n) is 20.1. The third kappa shape index (κ3) is 4.27. The first-order valence-electron chi connectivity index (χ1n) is 13.5. The number of hydrogen-bond acceptors (Lipinski definition) is 6. The summed E-state index contributed by atoms with van der Waals surface area (Å²) < 4.78 is 0. The highest BCUT2D eigenvalue weighted by Crippen LogP contribution is 2.37. The molecule has 0 spiro atoms. The van der Waals surface area contributed by atoms with Crippen LogP contribution in [-0.4, -0.2) is 57.2 Å². The van der Waals surface area contributed by atoms with Gasteiger partial charge in [-0.15, -0.1) is 0 Å². The lowest BCUT2D eigenvalue weighted by Crippen LogP contribution is -2.45. The van der Waals surface area contributed by atoms with Crippen molar-refractivity contribution in [1.29, 1.82) is 0 Å². The summed E-state index contributed by atoms with van der Waals surface area (Å²) in [4.78, 5) is 26.0. The maximum Gasteiger partial charge on any atom is 0.227 e. The van der Waals surface area contributed by atoms with Gasteiger partial charge in [-0.3, -0.25) is 9.89 Å². The first-order chi connectivity index (χ1) is 16.8. The van der Waals surface area contributed by atoms with Gasteiger partial charge < -0.3 is 15.1 Å². The first-order valence-corrected chi connectivity index (χ1v) is 13.5. The monoisotopic (exact) mass is 463 g/mol. The van der Waals surface area contributed by atoms with E-state index in [1.807, 2.05) is 4.90 Å². The van der Waals surface area contributed by atoms with Crippen molar-refractivity contribution < 1.29 is 4.79 Å². The second kappa shape index (κ2) is 9.55. The summed E-state index contributed by atoms with van der Waals surface area (Å²) in [5.41, 5.74) is 3.72. The molecule has 0 radical (unpaired) electrons. The topological polar surface area (TPSA) is 90.0 Å². The van der Waals surface area contributed by atoms with Crippen LogP contribution in [0, 0.1) is 5.92 Å². The molecule has 0 bridgehead atoms. The number of piperidine rings is 1. The normalized spacial score (nSPS) is 25.5. The Balaban J connectivity index is 1.27. The van der Waals surface area contributed by atoms with E-state index >= 15 is 0 Å². The standard InChI is InChI=1S/C26H37N7O/c34-17-32-13-5-9-19(16-32)23-12-6-14-33(23)26-27-21-11-4-3-10-20(21)25(29-26)28-24-15-22(30-31-24)18-7-1-2-8-18/h15,17-19,23H,1-14,16H2,(H2,27,28,29,30,31). The summed E-state index contributed by atoms with van der Waals surface area (Å²) in [6.45, 7) is 2.75. The average Bonchev–Trinajstić information content (AvgIpc) is 3.66. The van der Waals surface area contributed by atoms with E-state index in [1.54, 1.807) is 0 Å². The van der Waals surface area contributed by atoms with E-state index < -0.39 is 0 Å². The SMILES string of the molecule is O=CN1CCCC(C2CCCN2c2nc3c(c(Nc4cc(C5CCCC5)[nH]n4)n2)CCCC3)C1. The minimum absolute atomic E-state index is 0.414. The second-order valence-corrected chi connectivity index (χ2v) is 10.7. The molecule has 2 unspecified atom stereocenters. The molecule has 2 aliphatic carbocycles. The van der Waals surface area contributed by atoms with Crippen LogP contribution in [0.3, 0.4) is 0 Å². The summed E-state index contributed by atoms with van der Waals surface area (Å²) in [6, 6.07) is 2.60. The van der Waals surface area contributed by atoms with Gasteiger partial charge in [-0.25, -0.2) is 4.98 Å². The highest BCUT2D eigenvalue weighted by atomic mass is 16.1. The molecule has 2 atom stereocenters. The maximum absolute atomic E-state index is 11.4. The Labute approximate surface area is 201 Å². The lowest BCUT2D eigenvalue weighted by Gasteiger charge is -2.38. The number of nitrogens with zero attached hydrogens (tertiary/aromatic N) is 5. The molecule has 1 saturated carbocycles. The molecule has 0 aromatic carbocycles. The van der Waals surface area contributed by atoms with Crippen LogP contribution in [0.25, 0.3) is 0 Å². The summed E-state index contributed by atoms with van der Waals surface area (Å²) in [7, 11) is 0. The Morgan fingerprint density at radius 2 is 1.82 bits per heavy atom. The number of aromatic amines is 1. The number of likely N-dealkylation sites (tertiary alicyclic amines) is 1. The second-order valence-electron chi connectivity index (χ2n) is 10.7. The number of hydrogen-bond donors (Lipinski definition) is 2. The van der Waals surface area contributed by atoms with Crippen LogP contribution in [0.2, 0.25) is 0 Å². The number of amides is 1. The number of aromatic nitrogens is 4. The molecular formula is C26H37N7O. The molecule has 8 nitrogen and oxygen atoms in total. The van der Waals surface area contributed by atoms with Crippen LogP contribution >= 0.6 is 0 Å². The van der Waals surface area contributed by atoms with Gasteiger partial charge in [0.05, 0.1) is 5.69 Å². The van der Waals surface area contributed by atoms with Gasteiger partial charge in [-0.05, 0) is 70.1 Å². The zero-order chi connectivity index (χ0) is 22.9.